The topological polar surface area (TPSA) is 51.2 Å². The highest BCUT2D eigenvalue weighted by atomic mass is 32.1. The SMILES string of the molecule is Cc1nc(CC(=O)Nc2ccccc2OCC(F)(F)F)cs1. The molecule has 0 fully saturated rings. The van der Waals surface area contributed by atoms with Crippen molar-refractivity contribution in [3.05, 3.63) is 40.3 Å². The van der Waals surface area contributed by atoms with Gasteiger partial charge in [-0.2, -0.15) is 13.2 Å². The Hall–Kier alpha value is -2.09. The van der Waals surface area contributed by atoms with Crippen molar-refractivity contribution in [2.45, 2.75) is 19.5 Å². The van der Waals surface area contributed by atoms with Gasteiger partial charge in [-0.1, -0.05) is 12.1 Å². The molecular weight excluding hydrogens is 317 g/mol. The number of ether oxygens (including phenoxy) is 1. The van der Waals surface area contributed by atoms with Crippen LogP contribution < -0.4 is 10.1 Å². The summed E-state index contributed by atoms with van der Waals surface area (Å²) in [6.45, 7) is 0.414. The van der Waals surface area contributed by atoms with E-state index in [0.29, 0.717) is 5.69 Å². The van der Waals surface area contributed by atoms with Crippen LogP contribution in [-0.4, -0.2) is 23.7 Å². The minimum absolute atomic E-state index is 0.0253. The van der Waals surface area contributed by atoms with E-state index in [-0.39, 0.29) is 23.8 Å². The molecule has 2 rings (SSSR count). The van der Waals surface area contributed by atoms with Crippen molar-refractivity contribution in [1.82, 2.24) is 4.98 Å². The van der Waals surface area contributed by atoms with E-state index in [2.05, 4.69) is 10.3 Å². The Morgan fingerprint density at radius 3 is 2.73 bits per heavy atom. The van der Waals surface area contributed by atoms with Crippen molar-refractivity contribution >= 4 is 22.9 Å². The largest absolute Gasteiger partial charge is 0.482 e. The van der Waals surface area contributed by atoms with Gasteiger partial charge in [0.15, 0.2) is 6.61 Å². The van der Waals surface area contributed by atoms with Gasteiger partial charge >= 0.3 is 6.18 Å². The van der Waals surface area contributed by atoms with Crippen LogP contribution in [-0.2, 0) is 11.2 Å². The first kappa shape index (κ1) is 16.3. The Kier molecular flexibility index (Phi) is 5.02. The number of para-hydroxylation sites is 2. The van der Waals surface area contributed by atoms with Crippen LogP contribution >= 0.6 is 11.3 Å². The Morgan fingerprint density at radius 2 is 2.09 bits per heavy atom. The van der Waals surface area contributed by atoms with Crippen molar-refractivity contribution in [3.63, 3.8) is 0 Å². The van der Waals surface area contributed by atoms with Gasteiger partial charge in [0.25, 0.3) is 0 Å². The summed E-state index contributed by atoms with van der Waals surface area (Å²) >= 11 is 1.43. The van der Waals surface area contributed by atoms with Gasteiger partial charge in [0.1, 0.15) is 5.75 Å². The lowest BCUT2D eigenvalue weighted by Gasteiger charge is -2.13. The van der Waals surface area contributed by atoms with E-state index in [9.17, 15) is 18.0 Å². The number of thiazole rings is 1. The average Bonchev–Trinajstić information content (AvgIpc) is 2.82. The van der Waals surface area contributed by atoms with Crippen LogP contribution in [0.25, 0.3) is 0 Å². The standard InChI is InChI=1S/C14H13F3N2O2S/c1-9-18-10(7-22-9)6-13(20)19-11-4-2-3-5-12(11)21-8-14(15,16)17/h2-5,7H,6,8H2,1H3,(H,19,20). The van der Waals surface area contributed by atoms with Crippen LogP contribution in [0.15, 0.2) is 29.6 Å². The van der Waals surface area contributed by atoms with E-state index >= 15 is 0 Å². The van der Waals surface area contributed by atoms with E-state index in [0.717, 1.165) is 5.01 Å². The molecule has 0 atom stereocenters. The fourth-order valence-electron chi connectivity index (χ4n) is 1.70. The number of aromatic nitrogens is 1. The molecule has 1 amide bonds. The second-order valence-corrected chi connectivity index (χ2v) is 5.55. The molecule has 0 spiro atoms. The van der Waals surface area contributed by atoms with Gasteiger partial charge in [-0.25, -0.2) is 4.98 Å². The third kappa shape index (κ3) is 5.03. The number of hydrogen-bond acceptors (Lipinski definition) is 4. The number of amides is 1. The number of alkyl halides is 3. The summed E-state index contributed by atoms with van der Waals surface area (Å²) in [6, 6.07) is 5.98. The fourth-order valence-corrected chi connectivity index (χ4v) is 2.32. The van der Waals surface area contributed by atoms with Crippen molar-refractivity contribution < 1.29 is 22.7 Å². The van der Waals surface area contributed by atoms with Crippen molar-refractivity contribution in [1.29, 1.82) is 0 Å². The Bertz CT molecular complexity index is 656. The summed E-state index contributed by atoms with van der Waals surface area (Å²) in [5, 5.41) is 5.15. The molecule has 118 valence electrons. The number of halogens is 3. The zero-order valence-electron chi connectivity index (χ0n) is 11.6. The molecule has 22 heavy (non-hydrogen) atoms. The summed E-state index contributed by atoms with van der Waals surface area (Å²) in [5.41, 5.74) is 0.817. The van der Waals surface area contributed by atoms with E-state index < -0.39 is 12.8 Å². The minimum atomic E-state index is -4.44. The highest BCUT2D eigenvalue weighted by Gasteiger charge is 2.28. The number of hydrogen-bond donors (Lipinski definition) is 1. The number of carbonyl (C=O) groups is 1. The zero-order chi connectivity index (χ0) is 16.2. The molecule has 0 saturated carbocycles. The first-order chi connectivity index (χ1) is 10.3. The second kappa shape index (κ2) is 6.78. The summed E-state index contributed by atoms with van der Waals surface area (Å²) in [4.78, 5) is 16.1. The van der Waals surface area contributed by atoms with Crippen molar-refractivity contribution in [2.75, 3.05) is 11.9 Å². The van der Waals surface area contributed by atoms with Crippen LogP contribution in [0.5, 0.6) is 5.75 Å². The third-order valence-electron chi connectivity index (χ3n) is 2.56. The van der Waals surface area contributed by atoms with Gasteiger partial charge < -0.3 is 10.1 Å². The summed E-state index contributed by atoms with van der Waals surface area (Å²) < 4.78 is 41.3. The molecule has 0 saturated heterocycles. The lowest BCUT2D eigenvalue weighted by Crippen LogP contribution is -2.20. The molecule has 0 bridgehead atoms. The van der Waals surface area contributed by atoms with E-state index in [1.54, 1.807) is 11.4 Å². The number of nitrogens with one attached hydrogen (secondary N) is 1. The average molecular weight is 330 g/mol. The van der Waals surface area contributed by atoms with E-state index in [1.807, 2.05) is 6.92 Å². The predicted molar refractivity (Wildman–Crippen MR) is 77.2 cm³/mol. The van der Waals surface area contributed by atoms with Gasteiger partial charge in [-0.05, 0) is 19.1 Å². The maximum Gasteiger partial charge on any atom is 0.422 e. The molecule has 1 N–H and O–H groups in total. The molecule has 4 nitrogen and oxygen atoms in total. The number of benzene rings is 1. The number of rotatable bonds is 5. The molecule has 1 aromatic carbocycles. The smallest absolute Gasteiger partial charge is 0.422 e. The van der Waals surface area contributed by atoms with Crippen LogP contribution in [0.4, 0.5) is 18.9 Å². The fraction of sp³-hybridized carbons (Fsp3) is 0.286. The first-order valence-corrected chi connectivity index (χ1v) is 7.21. The van der Waals surface area contributed by atoms with Gasteiger partial charge in [0.05, 0.1) is 22.8 Å². The van der Waals surface area contributed by atoms with Crippen LogP contribution in [0, 0.1) is 6.92 Å². The van der Waals surface area contributed by atoms with Crippen LogP contribution in [0.3, 0.4) is 0 Å². The van der Waals surface area contributed by atoms with Gasteiger partial charge in [0, 0.05) is 5.38 Å². The molecule has 1 aromatic heterocycles. The highest BCUT2D eigenvalue weighted by Crippen LogP contribution is 2.26. The lowest BCUT2D eigenvalue weighted by molar-refractivity contribution is -0.153. The van der Waals surface area contributed by atoms with Gasteiger partial charge in [-0.15, -0.1) is 11.3 Å². The van der Waals surface area contributed by atoms with E-state index in [1.165, 1.54) is 29.5 Å². The van der Waals surface area contributed by atoms with Gasteiger partial charge in [-0.3, -0.25) is 4.79 Å². The zero-order valence-corrected chi connectivity index (χ0v) is 12.4. The maximum absolute atomic E-state index is 12.2. The highest BCUT2D eigenvalue weighted by molar-refractivity contribution is 7.09. The normalized spacial score (nSPS) is 11.3. The number of carbonyl (C=O) groups excluding carboxylic acids is 1. The molecule has 0 aliphatic carbocycles. The number of nitrogens with zero attached hydrogens (tertiary/aromatic N) is 1. The molecule has 0 radical (unpaired) electrons. The third-order valence-corrected chi connectivity index (χ3v) is 3.38. The molecule has 0 unspecified atom stereocenters. The minimum Gasteiger partial charge on any atom is -0.482 e. The van der Waals surface area contributed by atoms with Crippen molar-refractivity contribution in [3.8, 4) is 5.75 Å². The Balaban J connectivity index is 2.01. The second-order valence-electron chi connectivity index (χ2n) is 4.48. The molecular formula is C14H13F3N2O2S. The molecule has 2 aromatic rings. The summed E-state index contributed by atoms with van der Waals surface area (Å²) in [7, 11) is 0. The van der Waals surface area contributed by atoms with Crippen molar-refractivity contribution in [2.24, 2.45) is 0 Å². The lowest BCUT2D eigenvalue weighted by atomic mass is 10.2. The first-order valence-electron chi connectivity index (χ1n) is 6.33. The molecule has 8 heteroatoms. The Labute approximate surface area is 128 Å². The van der Waals surface area contributed by atoms with E-state index in [4.69, 9.17) is 4.74 Å². The Morgan fingerprint density at radius 1 is 1.36 bits per heavy atom. The number of aryl methyl sites for hydroxylation is 1. The quantitative estimate of drug-likeness (QED) is 0.912. The molecule has 0 aliphatic heterocycles. The summed E-state index contributed by atoms with van der Waals surface area (Å²) in [6.07, 6.45) is -4.38. The van der Waals surface area contributed by atoms with Crippen LogP contribution in [0.1, 0.15) is 10.7 Å². The molecule has 0 aliphatic rings. The van der Waals surface area contributed by atoms with Crippen LogP contribution in [0.2, 0.25) is 0 Å². The number of anilines is 1. The summed E-state index contributed by atoms with van der Waals surface area (Å²) in [5.74, 6) is -0.393. The maximum atomic E-state index is 12.2. The predicted octanol–water partition coefficient (Wildman–Crippen LogP) is 3.57. The van der Waals surface area contributed by atoms with Gasteiger partial charge in [0.2, 0.25) is 5.91 Å². The monoisotopic (exact) mass is 330 g/mol. The molecule has 1 heterocycles.